The number of nitrogens with zero attached hydrogens (tertiary/aromatic N) is 1. The van der Waals surface area contributed by atoms with Gasteiger partial charge in [-0.25, -0.2) is 4.98 Å². The molecule has 2 rings (SSSR count). The number of rotatable bonds is 1. The van der Waals surface area contributed by atoms with Gasteiger partial charge in [-0.15, -0.1) is 0 Å². The van der Waals surface area contributed by atoms with Gasteiger partial charge in [0.05, 0.1) is 6.10 Å². The number of imidazole rings is 1. The molecule has 0 unspecified atom stereocenters. The molecule has 0 amide bonds. The summed E-state index contributed by atoms with van der Waals surface area (Å²) in [4.78, 5) is 7.60. The maximum Gasteiger partial charge on any atom is 0.109 e. The molecule has 0 aliphatic heterocycles. The van der Waals surface area contributed by atoms with E-state index in [1.165, 1.54) is 0 Å². The van der Waals surface area contributed by atoms with Crippen molar-refractivity contribution >= 4 is 0 Å². The lowest BCUT2D eigenvalue weighted by molar-refractivity contribution is 0.121. The molecule has 2 N–H and O–H groups in total. The van der Waals surface area contributed by atoms with Crippen LogP contribution in [0.2, 0.25) is 0 Å². The first-order chi connectivity index (χ1) is 6.25. The molecule has 0 radical (unpaired) electrons. The van der Waals surface area contributed by atoms with Gasteiger partial charge in [0.2, 0.25) is 0 Å². The fourth-order valence-corrected chi connectivity index (χ4v) is 1.99. The van der Waals surface area contributed by atoms with Crippen LogP contribution in [-0.2, 0) is 0 Å². The van der Waals surface area contributed by atoms with Crippen LogP contribution in [0.15, 0.2) is 6.20 Å². The number of aliphatic hydroxyl groups is 1. The number of nitrogens with one attached hydrogen (secondary N) is 1. The zero-order valence-electron chi connectivity index (χ0n) is 7.95. The minimum Gasteiger partial charge on any atom is -0.393 e. The summed E-state index contributed by atoms with van der Waals surface area (Å²) in [5, 5.41) is 9.35. The minimum absolute atomic E-state index is 0.0766. The molecule has 1 aromatic rings. The van der Waals surface area contributed by atoms with Crippen molar-refractivity contribution in [1.82, 2.24) is 9.97 Å². The first-order valence-electron chi connectivity index (χ1n) is 4.95. The summed E-state index contributed by atoms with van der Waals surface area (Å²) in [6, 6.07) is 0. The van der Waals surface area contributed by atoms with E-state index in [2.05, 4.69) is 9.97 Å². The third kappa shape index (κ3) is 1.91. The van der Waals surface area contributed by atoms with Gasteiger partial charge in [0.25, 0.3) is 0 Å². The predicted molar refractivity (Wildman–Crippen MR) is 50.5 cm³/mol. The largest absolute Gasteiger partial charge is 0.393 e. The topological polar surface area (TPSA) is 48.9 Å². The van der Waals surface area contributed by atoms with E-state index in [1.54, 1.807) is 0 Å². The van der Waals surface area contributed by atoms with Crippen molar-refractivity contribution in [2.24, 2.45) is 0 Å². The van der Waals surface area contributed by atoms with E-state index in [0.717, 1.165) is 37.2 Å². The standard InChI is InChI=1S/C10H16N2O/c1-7-6-11-10(12-7)8-2-4-9(13)5-3-8/h6,8-9,13H,2-5H2,1H3,(H,11,12). The van der Waals surface area contributed by atoms with E-state index in [-0.39, 0.29) is 6.10 Å². The predicted octanol–water partition coefficient (Wildman–Crippen LogP) is 1.74. The molecule has 1 heterocycles. The van der Waals surface area contributed by atoms with Gasteiger partial charge in [0.15, 0.2) is 0 Å². The molecule has 1 aliphatic carbocycles. The fraction of sp³-hybridized carbons (Fsp3) is 0.700. The maximum absolute atomic E-state index is 9.35. The van der Waals surface area contributed by atoms with Crippen molar-refractivity contribution < 1.29 is 5.11 Å². The molecule has 1 saturated carbocycles. The second kappa shape index (κ2) is 3.50. The summed E-state index contributed by atoms with van der Waals surface area (Å²) in [6.07, 6.45) is 5.77. The Kier molecular flexibility index (Phi) is 2.36. The average Bonchev–Trinajstić information content (AvgIpc) is 2.53. The molecule has 0 aromatic carbocycles. The molecule has 0 saturated heterocycles. The highest BCUT2D eigenvalue weighted by atomic mass is 16.3. The van der Waals surface area contributed by atoms with Crippen LogP contribution in [0.25, 0.3) is 0 Å². The van der Waals surface area contributed by atoms with Crippen molar-refractivity contribution in [1.29, 1.82) is 0 Å². The quantitative estimate of drug-likeness (QED) is 0.691. The van der Waals surface area contributed by atoms with E-state index < -0.39 is 0 Å². The summed E-state index contributed by atoms with van der Waals surface area (Å²) in [5.74, 6) is 1.64. The normalized spacial score (nSPS) is 29.1. The second-order valence-corrected chi connectivity index (χ2v) is 3.96. The summed E-state index contributed by atoms with van der Waals surface area (Å²) in [5.41, 5.74) is 1.13. The van der Waals surface area contributed by atoms with Gasteiger partial charge in [0, 0.05) is 17.8 Å². The van der Waals surface area contributed by atoms with Crippen molar-refractivity contribution in [3.8, 4) is 0 Å². The number of hydrogen-bond acceptors (Lipinski definition) is 2. The van der Waals surface area contributed by atoms with Gasteiger partial charge in [-0.1, -0.05) is 0 Å². The van der Waals surface area contributed by atoms with Crippen molar-refractivity contribution in [3.63, 3.8) is 0 Å². The molecule has 3 heteroatoms. The lowest BCUT2D eigenvalue weighted by Crippen LogP contribution is -2.17. The molecular formula is C10H16N2O. The third-order valence-electron chi connectivity index (χ3n) is 2.81. The van der Waals surface area contributed by atoms with Crippen molar-refractivity contribution in [2.45, 2.75) is 44.6 Å². The SMILES string of the molecule is Cc1cnc(C2CCC(O)CC2)[nH]1. The Morgan fingerprint density at radius 3 is 2.62 bits per heavy atom. The Hall–Kier alpha value is -0.830. The molecule has 0 spiro atoms. The number of aromatic amines is 1. The lowest BCUT2D eigenvalue weighted by atomic mass is 9.87. The Morgan fingerprint density at radius 1 is 1.38 bits per heavy atom. The van der Waals surface area contributed by atoms with E-state index >= 15 is 0 Å². The van der Waals surface area contributed by atoms with Crippen LogP contribution in [0.5, 0.6) is 0 Å². The highest BCUT2D eigenvalue weighted by Gasteiger charge is 2.22. The van der Waals surface area contributed by atoms with Crippen LogP contribution in [0, 0.1) is 6.92 Å². The summed E-state index contributed by atoms with van der Waals surface area (Å²) < 4.78 is 0. The molecule has 13 heavy (non-hydrogen) atoms. The second-order valence-electron chi connectivity index (χ2n) is 3.96. The molecule has 72 valence electrons. The van der Waals surface area contributed by atoms with E-state index in [4.69, 9.17) is 0 Å². The van der Waals surface area contributed by atoms with Gasteiger partial charge in [-0.3, -0.25) is 0 Å². The van der Waals surface area contributed by atoms with E-state index in [1.807, 2.05) is 13.1 Å². The summed E-state index contributed by atoms with van der Waals surface area (Å²) in [6.45, 7) is 2.02. The van der Waals surface area contributed by atoms with Crippen LogP contribution < -0.4 is 0 Å². The van der Waals surface area contributed by atoms with Crippen LogP contribution in [0.4, 0.5) is 0 Å². The first-order valence-corrected chi connectivity index (χ1v) is 4.95. The summed E-state index contributed by atoms with van der Waals surface area (Å²) in [7, 11) is 0. The van der Waals surface area contributed by atoms with Gasteiger partial charge in [-0.05, 0) is 32.6 Å². The molecule has 0 atom stereocenters. The Balaban J connectivity index is 2.02. The monoisotopic (exact) mass is 180 g/mol. The lowest BCUT2D eigenvalue weighted by Gasteiger charge is -2.23. The van der Waals surface area contributed by atoms with Gasteiger partial charge < -0.3 is 10.1 Å². The maximum atomic E-state index is 9.35. The van der Waals surface area contributed by atoms with Crippen LogP contribution in [-0.4, -0.2) is 21.2 Å². The Morgan fingerprint density at radius 2 is 2.08 bits per heavy atom. The van der Waals surface area contributed by atoms with Crippen molar-refractivity contribution in [3.05, 3.63) is 17.7 Å². The minimum atomic E-state index is -0.0766. The average molecular weight is 180 g/mol. The zero-order chi connectivity index (χ0) is 9.26. The van der Waals surface area contributed by atoms with Crippen LogP contribution in [0.3, 0.4) is 0 Å². The smallest absolute Gasteiger partial charge is 0.109 e. The first kappa shape index (κ1) is 8.75. The number of aliphatic hydroxyl groups excluding tert-OH is 1. The molecule has 1 aliphatic rings. The van der Waals surface area contributed by atoms with Gasteiger partial charge in [0.1, 0.15) is 5.82 Å². The zero-order valence-corrected chi connectivity index (χ0v) is 7.95. The number of aromatic nitrogens is 2. The van der Waals surface area contributed by atoms with Gasteiger partial charge >= 0.3 is 0 Å². The molecule has 1 fully saturated rings. The molecule has 0 bridgehead atoms. The van der Waals surface area contributed by atoms with E-state index in [0.29, 0.717) is 5.92 Å². The van der Waals surface area contributed by atoms with Crippen molar-refractivity contribution in [2.75, 3.05) is 0 Å². The highest BCUT2D eigenvalue weighted by Crippen LogP contribution is 2.30. The fourth-order valence-electron chi connectivity index (χ4n) is 1.99. The number of hydrogen-bond donors (Lipinski definition) is 2. The summed E-state index contributed by atoms with van der Waals surface area (Å²) >= 11 is 0. The number of H-pyrrole nitrogens is 1. The van der Waals surface area contributed by atoms with Crippen LogP contribution in [0.1, 0.15) is 43.1 Å². The molecular weight excluding hydrogens is 164 g/mol. The van der Waals surface area contributed by atoms with Gasteiger partial charge in [-0.2, -0.15) is 0 Å². The molecule has 3 nitrogen and oxygen atoms in total. The Labute approximate surface area is 78.2 Å². The van der Waals surface area contributed by atoms with E-state index in [9.17, 15) is 5.11 Å². The highest BCUT2D eigenvalue weighted by molar-refractivity contribution is 5.04. The third-order valence-corrected chi connectivity index (χ3v) is 2.81. The number of aryl methyl sites for hydroxylation is 1. The molecule has 1 aromatic heterocycles. The van der Waals surface area contributed by atoms with Crippen LogP contribution >= 0.6 is 0 Å². The Bertz CT molecular complexity index is 274.